The topological polar surface area (TPSA) is 101 Å². The van der Waals surface area contributed by atoms with Crippen LogP contribution in [-0.4, -0.2) is 48.3 Å². The van der Waals surface area contributed by atoms with Gasteiger partial charge in [0, 0.05) is 23.7 Å². The van der Waals surface area contributed by atoms with Crippen LogP contribution in [0.5, 0.6) is 5.88 Å². The molecule has 0 atom stereocenters. The molecule has 1 aliphatic rings. The Hall–Kier alpha value is -2.56. The maximum Gasteiger partial charge on any atom is 0.262 e. The molecular weight excluding hydrogens is 448 g/mol. The number of nitrogens with one attached hydrogen (secondary N) is 1. The summed E-state index contributed by atoms with van der Waals surface area (Å²) in [6, 6.07) is 6.14. The highest BCUT2D eigenvalue weighted by Crippen LogP contribution is 2.38. The molecule has 1 aliphatic carbocycles. The molecule has 0 saturated heterocycles. The predicted octanol–water partition coefficient (Wildman–Crippen LogP) is 3.62. The third kappa shape index (κ3) is 4.48. The van der Waals surface area contributed by atoms with Crippen LogP contribution >= 0.6 is 11.3 Å². The Labute approximate surface area is 191 Å². The van der Waals surface area contributed by atoms with E-state index in [1.807, 2.05) is 0 Å². The molecule has 170 valence electrons. The Morgan fingerprint density at radius 1 is 1.12 bits per heavy atom. The van der Waals surface area contributed by atoms with Crippen molar-refractivity contribution in [3.05, 3.63) is 41.0 Å². The van der Waals surface area contributed by atoms with Crippen molar-refractivity contribution in [2.75, 3.05) is 25.0 Å². The van der Waals surface area contributed by atoms with E-state index in [1.165, 1.54) is 39.6 Å². The Morgan fingerprint density at radius 3 is 2.56 bits per heavy atom. The summed E-state index contributed by atoms with van der Waals surface area (Å²) in [4.78, 5) is 23.5. The van der Waals surface area contributed by atoms with E-state index < -0.39 is 10.0 Å². The van der Waals surface area contributed by atoms with E-state index in [2.05, 4.69) is 15.3 Å². The van der Waals surface area contributed by atoms with E-state index in [0.29, 0.717) is 24.7 Å². The number of carbonyl (C=O) groups excluding carboxylic acids is 1. The van der Waals surface area contributed by atoms with Gasteiger partial charge < -0.3 is 10.1 Å². The zero-order valence-electron chi connectivity index (χ0n) is 18.1. The number of anilines is 1. The molecular formula is C22H26N4O4S2. The lowest BCUT2D eigenvalue weighted by atomic mass is 9.97. The summed E-state index contributed by atoms with van der Waals surface area (Å²) in [6.07, 6.45) is 5.81. The maximum absolute atomic E-state index is 12.6. The van der Waals surface area contributed by atoms with Gasteiger partial charge in [-0.2, -0.15) is 4.31 Å². The minimum absolute atomic E-state index is 0.195. The van der Waals surface area contributed by atoms with E-state index in [4.69, 9.17) is 4.74 Å². The zero-order valence-corrected chi connectivity index (χ0v) is 19.8. The number of amides is 1. The quantitative estimate of drug-likeness (QED) is 0.535. The number of hydrogen-bond acceptors (Lipinski definition) is 7. The monoisotopic (exact) mass is 474 g/mol. The van der Waals surface area contributed by atoms with E-state index >= 15 is 0 Å². The lowest BCUT2D eigenvalue weighted by Gasteiger charge is -2.18. The van der Waals surface area contributed by atoms with E-state index in [-0.39, 0.29) is 17.4 Å². The van der Waals surface area contributed by atoms with Gasteiger partial charge in [0.05, 0.1) is 10.3 Å². The molecule has 4 rings (SSSR count). The molecule has 0 unspecified atom stereocenters. The molecule has 1 aromatic carbocycles. The number of aromatic nitrogens is 2. The molecule has 8 nitrogen and oxygen atoms in total. The van der Waals surface area contributed by atoms with E-state index in [1.54, 1.807) is 37.3 Å². The fourth-order valence-corrected chi connectivity index (χ4v) is 6.60. The van der Waals surface area contributed by atoms with Gasteiger partial charge in [-0.3, -0.25) is 4.79 Å². The zero-order chi connectivity index (χ0) is 22.7. The molecule has 2 heterocycles. The summed E-state index contributed by atoms with van der Waals surface area (Å²) in [5, 5.41) is 3.66. The number of ether oxygens (including phenoxy) is 1. The minimum Gasteiger partial charge on any atom is -0.467 e. The molecule has 2 aromatic heterocycles. The van der Waals surface area contributed by atoms with Gasteiger partial charge in [0.15, 0.2) is 6.61 Å². The van der Waals surface area contributed by atoms with E-state index in [9.17, 15) is 13.2 Å². The molecule has 0 bridgehead atoms. The molecule has 0 saturated carbocycles. The SMILES string of the molecule is CCN(CC)S(=O)(=O)c1ccc(NC(=O)COc2ncnc3sc4c(c23)CCCC4)cc1. The first-order chi connectivity index (χ1) is 15.4. The molecule has 1 amide bonds. The van der Waals surface area contributed by atoms with Crippen molar-refractivity contribution < 1.29 is 17.9 Å². The highest BCUT2D eigenvalue weighted by Gasteiger charge is 2.22. The second kappa shape index (κ2) is 9.51. The number of benzene rings is 1. The van der Waals surface area contributed by atoms with Crippen molar-refractivity contribution in [1.82, 2.24) is 14.3 Å². The summed E-state index contributed by atoms with van der Waals surface area (Å²) in [7, 11) is -3.53. The van der Waals surface area contributed by atoms with Gasteiger partial charge >= 0.3 is 0 Å². The standard InChI is InChI=1S/C22H26N4O4S2/c1-3-26(4-2)32(28,29)16-11-9-15(10-12-16)25-19(27)13-30-21-20-17-7-5-6-8-18(17)31-22(20)24-14-23-21/h9-12,14H,3-8,13H2,1-2H3,(H,25,27). The van der Waals surface area contributed by atoms with Crippen molar-refractivity contribution >= 4 is 43.2 Å². The highest BCUT2D eigenvalue weighted by molar-refractivity contribution is 7.89. The summed E-state index contributed by atoms with van der Waals surface area (Å²) >= 11 is 1.67. The van der Waals surface area contributed by atoms with Crippen molar-refractivity contribution in [3.8, 4) is 5.88 Å². The normalized spacial score (nSPS) is 13.8. The Bertz CT molecular complexity index is 1220. The molecule has 0 radical (unpaired) electrons. The van der Waals surface area contributed by atoms with Crippen LogP contribution in [-0.2, 0) is 27.7 Å². The first-order valence-electron chi connectivity index (χ1n) is 10.7. The molecule has 3 aromatic rings. The van der Waals surface area contributed by atoms with Crippen LogP contribution in [0.25, 0.3) is 10.2 Å². The number of hydrogen-bond donors (Lipinski definition) is 1. The van der Waals surface area contributed by atoms with Crippen LogP contribution in [0.4, 0.5) is 5.69 Å². The minimum atomic E-state index is -3.53. The average molecular weight is 475 g/mol. The van der Waals surface area contributed by atoms with Crippen molar-refractivity contribution in [2.45, 2.75) is 44.4 Å². The van der Waals surface area contributed by atoms with Crippen molar-refractivity contribution in [3.63, 3.8) is 0 Å². The second-order valence-electron chi connectivity index (χ2n) is 7.52. The molecule has 0 fully saturated rings. The molecule has 0 aliphatic heterocycles. The van der Waals surface area contributed by atoms with Gasteiger partial charge in [-0.15, -0.1) is 11.3 Å². The Balaban J connectivity index is 1.42. The Morgan fingerprint density at radius 2 is 1.84 bits per heavy atom. The fraction of sp³-hybridized carbons (Fsp3) is 0.409. The largest absolute Gasteiger partial charge is 0.467 e. The fourth-order valence-electron chi connectivity index (χ4n) is 3.92. The average Bonchev–Trinajstić information content (AvgIpc) is 3.18. The van der Waals surface area contributed by atoms with Crippen LogP contribution in [0, 0.1) is 0 Å². The lowest BCUT2D eigenvalue weighted by Crippen LogP contribution is -2.30. The van der Waals surface area contributed by atoms with Gasteiger partial charge in [-0.05, 0) is 55.5 Å². The van der Waals surface area contributed by atoms with Crippen molar-refractivity contribution in [2.24, 2.45) is 0 Å². The predicted molar refractivity (Wildman–Crippen MR) is 125 cm³/mol. The summed E-state index contributed by atoms with van der Waals surface area (Å²) in [5.41, 5.74) is 1.75. The Kier molecular flexibility index (Phi) is 6.73. The van der Waals surface area contributed by atoms with Crippen LogP contribution in [0.2, 0.25) is 0 Å². The highest BCUT2D eigenvalue weighted by atomic mass is 32.2. The van der Waals surface area contributed by atoms with Crippen LogP contribution in [0.3, 0.4) is 0 Å². The van der Waals surface area contributed by atoms with Gasteiger partial charge in [0.2, 0.25) is 15.9 Å². The number of nitrogens with zero attached hydrogens (tertiary/aromatic N) is 3. The van der Waals surface area contributed by atoms with Gasteiger partial charge in [-0.1, -0.05) is 13.8 Å². The van der Waals surface area contributed by atoms with Crippen molar-refractivity contribution in [1.29, 1.82) is 0 Å². The third-order valence-electron chi connectivity index (χ3n) is 5.54. The first kappa shape index (κ1) is 22.6. The summed E-state index contributed by atoms with van der Waals surface area (Å²) in [5.74, 6) is 0.0884. The number of rotatable bonds is 8. The van der Waals surface area contributed by atoms with Crippen LogP contribution < -0.4 is 10.1 Å². The molecule has 10 heteroatoms. The maximum atomic E-state index is 12.6. The van der Waals surface area contributed by atoms with E-state index in [0.717, 1.165) is 29.5 Å². The molecule has 0 spiro atoms. The summed E-state index contributed by atoms with van der Waals surface area (Å²) < 4.78 is 32.3. The van der Waals surface area contributed by atoms with Gasteiger partial charge in [-0.25, -0.2) is 18.4 Å². The number of fused-ring (bicyclic) bond motifs is 3. The number of sulfonamides is 1. The lowest BCUT2D eigenvalue weighted by molar-refractivity contribution is -0.118. The number of aryl methyl sites for hydroxylation is 2. The van der Waals surface area contributed by atoms with Crippen LogP contribution in [0.15, 0.2) is 35.5 Å². The number of thiophene rings is 1. The van der Waals surface area contributed by atoms with Gasteiger partial charge in [0.25, 0.3) is 5.91 Å². The molecule has 32 heavy (non-hydrogen) atoms. The third-order valence-corrected chi connectivity index (χ3v) is 8.80. The van der Waals surface area contributed by atoms with Gasteiger partial charge in [0.1, 0.15) is 11.2 Å². The second-order valence-corrected chi connectivity index (χ2v) is 10.5. The summed E-state index contributed by atoms with van der Waals surface area (Å²) in [6.45, 7) is 4.20. The number of carbonyl (C=O) groups is 1. The first-order valence-corrected chi connectivity index (χ1v) is 13.0. The van der Waals surface area contributed by atoms with Crippen LogP contribution in [0.1, 0.15) is 37.1 Å². The molecule has 1 N–H and O–H groups in total. The smallest absolute Gasteiger partial charge is 0.262 e.